The number of nitrogens with one attached hydrogen (secondary N) is 1. The molecule has 0 aromatic heterocycles. The van der Waals surface area contributed by atoms with Crippen molar-refractivity contribution in [3.05, 3.63) is 65.0 Å². The minimum absolute atomic E-state index is 0.0657. The Morgan fingerprint density at radius 3 is 2.44 bits per heavy atom. The third-order valence-corrected chi connectivity index (χ3v) is 3.56. The number of carboxylic acid groups (broad SMARTS) is 1. The van der Waals surface area contributed by atoms with E-state index in [2.05, 4.69) is 11.9 Å². The van der Waals surface area contributed by atoms with Gasteiger partial charge in [-0.25, -0.2) is 4.39 Å². The van der Waals surface area contributed by atoms with E-state index in [4.69, 9.17) is 5.11 Å². The van der Waals surface area contributed by atoms with E-state index in [9.17, 15) is 22.4 Å². The molecule has 0 saturated carbocycles. The second-order valence-corrected chi connectivity index (χ2v) is 5.45. The van der Waals surface area contributed by atoms with Crippen molar-refractivity contribution in [3.63, 3.8) is 0 Å². The maximum atomic E-state index is 14.2. The molecule has 0 amide bonds. The lowest BCUT2D eigenvalue weighted by Crippen LogP contribution is -2.11. The molecule has 7 heteroatoms. The van der Waals surface area contributed by atoms with E-state index in [1.54, 1.807) is 25.1 Å². The predicted molar refractivity (Wildman–Crippen MR) is 87.3 cm³/mol. The first-order chi connectivity index (χ1) is 11.6. The Kier molecular flexibility index (Phi) is 5.15. The summed E-state index contributed by atoms with van der Waals surface area (Å²) in [4.78, 5) is 11.0. The van der Waals surface area contributed by atoms with E-state index in [1.807, 2.05) is 0 Å². The standard InChI is InChI=1S/C18H15F4NO2/c1-3-12-15(7-5-13(17(12)19)18(20,21)22)23-14-6-4-10(2)8-11(14)9-16(24)25/h3-8,23H,1,9H2,2H3,(H,24,25). The molecule has 2 N–H and O–H groups in total. The van der Waals surface area contributed by atoms with Gasteiger partial charge < -0.3 is 10.4 Å². The van der Waals surface area contributed by atoms with Crippen LogP contribution in [-0.2, 0) is 17.4 Å². The third kappa shape index (κ3) is 4.17. The Balaban J connectivity index is 2.50. The van der Waals surface area contributed by atoms with E-state index in [-0.39, 0.29) is 17.7 Å². The number of hydrogen-bond acceptors (Lipinski definition) is 2. The van der Waals surface area contributed by atoms with Crippen LogP contribution in [-0.4, -0.2) is 11.1 Å². The fourth-order valence-electron chi connectivity index (χ4n) is 2.42. The highest BCUT2D eigenvalue weighted by atomic mass is 19.4. The molecular weight excluding hydrogens is 338 g/mol. The van der Waals surface area contributed by atoms with Crippen LogP contribution in [0.15, 0.2) is 36.9 Å². The lowest BCUT2D eigenvalue weighted by molar-refractivity contribution is -0.140. The number of halogens is 4. The largest absolute Gasteiger partial charge is 0.481 e. The van der Waals surface area contributed by atoms with Crippen LogP contribution >= 0.6 is 0 Å². The molecule has 2 aromatic rings. The highest BCUT2D eigenvalue weighted by Crippen LogP contribution is 2.36. The molecule has 0 aliphatic rings. The first kappa shape index (κ1) is 18.5. The SMILES string of the molecule is C=Cc1c(Nc2ccc(C)cc2CC(=O)O)ccc(C(F)(F)F)c1F. The van der Waals surface area contributed by atoms with Gasteiger partial charge in [0.15, 0.2) is 0 Å². The molecule has 0 atom stereocenters. The van der Waals surface area contributed by atoms with E-state index in [0.717, 1.165) is 17.7 Å². The van der Waals surface area contributed by atoms with Crippen molar-refractivity contribution in [3.8, 4) is 0 Å². The molecule has 0 heterocycles. The monoisotopic (exact) mass is 353 g/mol. The Labute approximate surface area is 141 Å². The molecule has 0 aliphatic carbocycles. The number of hydrogen-bond donors (Lipinski definition) is 2. The zero-order chi connectivity index (χ0) is 18.8. The first-order valence-electron chi connectivity index (χ1n) is 7.24. The van der Waals surface area contributed by atoms with Crippen LogP contribution in [0.3, 0.4) is 0 Å². The normalized spacial score (nSPS) is 11.2. The van der Waals surface area contributed by atoms with Gasteiger partial charge in [0.25, 0.3) is 0 Å². The number of carboxylic acids is 1. The van der Waals surface area contributed by atoms with E-state index < -0.39 is 23.5 Å². The number of rotatable bonds is 5. The molecule has 0 radical (unpaired) electrons. The van der Waals surface area contributed by atoms with Crippen LogP contribution in [0, 0.1) is 12.7 Å². The van der Waals surface area contributed by atoms with Gasteiger partial charge in [-0.15, -0.1) is 0 Å². The van der Waals surface area contributed by atoms with Gasteiger partial charge in [-0.05, 0) is 30.7 Å². The molecule has 0 saturated heterocycles. The molecule has 0 spiro atoms. The van der Waals surface area contributed by atoms with Crippen LogP contribution in [0.25, 0.3) is 6.08 Å². The van der Waals surface area contributed by atoms with E-state index in [1.165, 1.54) is 0 Å². The number of anilines is 2. The van der Waals surface area contributed by atoms with Crippen molar-refractivity contribution in [2.45, 2.75) is 19.5 Å². The van der Waals surface area contributed by atoms with Crippen molar-refractivity contribution >= 4 is 23.4 Å². The lowest BCUT2D eigenvalue weighted by atomic mass is 10.0. The summed E-state index contributed by atoms with van der Waals surface area (Å²) in [6, 6.07) is 6.67. The predicted octanol–water partition coefficient (Wildman–Crippen LogP) is 5.17. The Morgan fingerprint density at radius 1 is 1.24 bits per heavy atom. The molecular formula is C18H15F4NO2. The van der Waals surface area contributed by atoms with Crippen LogP contribution in [0.5, 0.6) is 0 Å². The minimum Gasteiger partial charge on any atom is -0.481 e. The first-order valence-corrected chi connectivity index (χ1v) is 7.24. The fourth-order valence-corrected chi connectivity index (χ4v) is 2.42. The lowest BCUT2D eigenvalue weighted by Gasteiger charge is -2.17. The molecule has 132 valence electrons. The molecule has 0 bridgehead atoms. The van der Waals surface area contributed by atoms with Gasteiger partial charge in [-0.1, -0.05) is 30.4 Å². The van der Waals surface area contributed by atoms with Gasteiger partial charge in [-0.2, -0.15) is 13.2 Å². The quantitative estimate of drug-likeness (QED) is 0.730. The van der Waals surface area contributed by atoms with Crippen molar-refractivity contribution in [2.24, 2.45) is 0 Å². The summed E-state index contributed by atoms with van der Waals surface area (Å²) in [6.45, 7) is 5.14. The summed E-state index contributed by atoms with van der Waals surface area (Å²) in [5.74, 6) is -2.49. The number of benzene rings is 2. The molecule has 3 nitrogen and oxygen atoms in total. The van der Waals surface area contributed by atoms with Gasteiger partial charge in [-0.3, -0.25) is 4.79 Å². The summed E-state index contributed by atoms with van der Waals surface area (Å²) >= 11 is 0. The van der Waals surface area contributed by atoms with Crippen LogP contribution in [0.4, 0.5) is 28.9 Å². The molecule has 2 rings (SSSR count). The Bertz CT molecular complexity index is 829. The molecule has 25 heavy (non-hydrogen) atoms. The topological polar surface area (TPSA) is 49.3 Å². The van der Waals surface area contributed by atoms with Gasteiger partial charge in [0.05, 0.1) is 12.0 Å². The van der Waals surface area contributed by atoms with Gasteiger partial charge >= 0.3 is 12.1 Å². The number of alkyl halides is 3. The smallest absolute Gasteiger partial charge is 0.419 e. The van der Waals surface area contributed by atoms with Crippen molar-refractivity contribution < 1.29 is 27.5 Å². The second-order valence-electron chi connectivity index (χ2n) is 5.45. The second kappa shape index (κ2) is 6.96. The number of aryl methyl sites for hydroxylation is 1. The number of carbonyl (C=O) groups is 1. The average molecular weight is 353 g/mol. The zero-order valence-corrected chi connectivity index (χ0v) is 13.2. The summed E-state index contributed by atoms with van der Waals surface area (Å²) in [7, 11) is 0. The zero-order valence-electron chi connectivity index (χ0n) is 13.2. The van der Waals surface area contributed by atoms with Crippen LogP contribution in [0.2, 0.25) is 0 Å². The van der Waals surface area contributed by atoms with Gasteiger partial charge in [0, 0.05) is 16.9 Å². The van der Waals surface area contributed by atoms with Gasteiger partial charge in [0.1, 0.15) is 5.82 Å². The highest BCUT2D eigenvalue weighted by Gasteiger charge is 2.35. The maximum Gasteiger partial charge on any atom is 0.419 e. The molecule has 0 aliphatic heterocycles. The molecule has 0 fully saturated rings. The Morgan fingerprint density at radius 2 is 1.88 bits per heavy atom. The average Bonchev–Trinajstić information content (AvgIpc) is 2.48. The minimum atomic E-state index is -4.82. The maximum absolute atomic E-state index is 14.2. The fraction of sp³-hybridized carbons (Fsp3) is 0.167. The molecule has 0 unspecified atom stereocenters. The van der Waals surface area contributed by atoms with E-state index >= 15 is 0 Å². The number of aliphatic carboxylic acids is 1. The van der Waals surface area contributed by atoms with Gasteiger partial charge in [0.2, 0.25) is 0 Å². The Hall–Kier alpha value is -2.83. The van der Waals surface area contributed by atoms with Crippen LogP contribution < -0.4 is 5.32 Å². The van der Waals surface area contributed by atoms with Crippen molar-refractivity contribution in [1.29, 1.82) is 0 Å². The summed E-state index contributed by atoms with van der Waals surface area (Å²) in [6.07, 6.45) is -4.12. The van der Waals surface area contributed by atoms with Crippen LogP contribution in [0.1, 0.15) is 22.3 Å². The molecule has 2 aromatic carbocycles. The van der Waals surface area contributed by atoms with E-state index in [0.29, 0.717) is 17.3 Å². The highest BCUT2D eigenvalue weighted by molar-refractivity contribution is 5.78. The summed E-state index contributed by atoms with van der Waals surface area (Å²) < 4.78 is 52.6. The third-order valence-electron chi connectivity index (χ3n) is 3.56. The van der Waals surface area contributed by atoms with Crippen molar-refractivity contribution in [2.75, 3.05) is 5.32 Å². The summed E-state index contributed by atoms with van der Waals surface area (Å²) in [5.41, 5.74) is -0.0299. The summed E-state index contributed by atoms with van der Waals surface area (Å²) in [5, 5.41) is 11.8. The van der Waals surface area contributed by atoms with Crippen molar-refractivity contribution in [1.82, 2.24) is 0 Å².